The quantitative estimate of drug-likeness (QED) is 0.600. The van der Waals surface area contributed by atoms with Crippen LogP contribution in [0, 0.1) is 11.8 Å². The lowest BCUT2D eigenvalue weighted by atomic mass is 9.73. The average molecular weight is 397 g/mol. The van der Waals surface area contributed by atoms with E-state index in [0.717, 1.165) is 41.7 Å². The predicted octanol–water partition coefficient (Wildman–Crippen LogP) is 2.94. The number of fused-ring (bicyclic) bond motifs is 4. The van der Waals surface area contributed by atoms with E-state index in [2.05, 4.69) is 17.6 Å². The number of pyridine rings is 1. The number of carbonyl (C=O) groups is 1. The fourth-order valence-electron chi connectivity index (χ4n) is 5.03. The molecule has 0 radical (unpaired) electrons. The summed E-state index contributed by atoms with van der Waals surface area (Å²) in [6.07, 6.45) is 5.06. The van der Waals surface area contributed by atoms with Crippen molar-refractivity contribution < 1.29 is 23.9 Å². The van der Waals surface area contributed by atoms with Crippen molar-refractivity contribution in [2.24, 2.45) is 11.8 Å². The molecule has 154 valence electrons. The van der Waals surface area contributed by atoms with Crippen molar-refractivity contribution in [3.8, 4) is 5.75 Å². The maximum Gasteiger partial charge on any atom is 0.509 e. The van der Waals surface area contributed by atoms with E-state index in [1.807, 2.05) is 24.3 Å². The zero-order valence-electron chi connectivity index (χ0n) is 17.1. The minimum Gasteiger partial charge on any atom is -0.497 e. The Labute approximate surface area is 171 Å². The lowest BCUT2D eigenvalue weighted by molar-refractivity contribution is -0.949. The molecule has 0 aliphatic carbocycles. The van der Waals surface area contributed by atoms with Gasteiger partial charge in [0.15, 0.2) is 6.10 Å². The Hall–Kier alpha value is -2.60. The number of aromatic nitrogens is 1. The number of ether oxygens (including phenoxy) is 3. The van der Waals surface area contributed by atoms with E-state index < -0.39 is 12.3 Å². The first-order chi connectivity index (χ1) is 14.1. The third kappa shape index (κ3) is 3.81. The SMILES string of the molecule is C=C[C@@H]1C[NH+]2CC[C@H]1C[C@H]2[C@H](OC(=O)OCC)c1ccnc2ccc(OC)cc12. The molecule has 0 amide bonds. The maximum absolute atomic E-state index is 12.3. The van der Waals surface area contributed by atoms with Crippen LogP contribution in [0.3, 0.4) is 0 Å². The Balaban J connectivity index is 1.75. The summed E-state index contributed by atoms with van der Waals surface area (Å²) in [6, 6.07) is 7.95. The fraction of sp³-hybridized carbons (Fsp3) is 0.478. The molecule has 4 heterocycles. The first-order valence-electron chi connectivity index (χ1n) is 10.4. The molecule has 2 bridgehead atoms. The van der Waals surface area contributed by atoms with E-state index in [1.165, 1.54) is 11.3 Å². The topological polar surface area (TPSA) is 62.1 Å². The van der Waals surface area contributed by atoms with Crippen LogP contribution in [-0.2, 0) is 9.47 Å². The van der Waals surface area contributed by atoms with Crippen molar-refractivity contribution in [1.29, 1.82) is 0 Å². The number of methoxy groups -OCH3 is 1. The number of rotatable bonds is 6. The Bertz CT molecular complexity index is 900. The van der Waals surface area contributed by atoms with Gasteiger partial charge in [0.2, 0.25) is 0 Å². The summed E-state index contributed by atoms with van der Waals surface area (Å²) in [4.78, 5) is 18.3. The van der Waals surface area contributed by atoms with Crippen LogP contribution in [0.4, 0.5) is 4.79 Å². The average Bonchev–Trinajstić information content (AvgIpc) is 2.77. The molecule has 0 saturated carbocycles. The van der Waals surface area contributed by atoms with E-state index in [9.17, 15) is 4.79 Å². The number of benzene rings is 1. The lowest BCUT2D eigenvalue weighted by Gasteiger charge is -2.48. The molecule has 1 aromatic carbocycles. The molecule has 2 aromatic rings. The summed E-state index contributed by atoms with van der Waals surface area (Å²) >= 11 is 0. The van der Waals surface area contributed by atoms with E-state index in [4.69, 9.17) is 14.2 Å². The second kappa shape index (κ2) is 8.41. The van der Waals surface area contributed by atoms with Crippen LogP contribution in [0.2, 0.25) is 0 Å². The molecule has 3 saturated heterocycles. The first kappa shape index (κ1) is 19.7. The summed E-state index contributed by atoms with van der Waals surface area (Å²) in [5, 5.41) is 0.948. The van der Waals surface area contributed by atoms with Gasteiger partial charge in [0.05, 0.1) is 32.3 Å². The summed E-state index contributed by atoms with van der Waals surface area (Å²) in [6.45, 7) is 8.23. The summed E-state index contributed by atoms with van der Waals surface area (Å²) in [5.74, 6) is 1.88. The van der Waals surface area contributed by atoms with E-state index in [-0.39, 0.29) is 6.04 Å². The van der Waals surface area contributed by atoms with E-state index in [0.29, 0.717) is 18.4 Å². The van der Waals surface area contributed by atoms with Gasteiger partial charge in [-0.15, -0.1) is 6.58 Å². The first-order valence-corrected chi connectivity index (χ1v) is 10.4. The molecule has 0 spiro atoms. The van der Waals surface area contributed by atoms with Gasteiger partial charge >= 0.3 is 6.16 Å². The molecule has 3 fully saturated rings. The Morgan fingerprint density at radius 3 is 2.97 bits per heavy atom. The second-order valence-corrected chi connectivity index (χ2v) is 7.91. The van der Waals surface area contributed by atoms with Crippen molar-refractivity contribution >= 4 is 17.1 Å². The standard InChI is InChI=1S/C23H28N2O4/c1-4-15-14-25-11-9-16(15)12-21(25)22(29-23(26)28-5-2)18-8-10-24-20-7-6-17(27-3)13-19(18)20/h4,6-8,10,13,15-16,21-22H,1,5,9,11-12,14H2,2-3H3/p+1/t15-,16+,21+,22-/m1/s1. The van der Waals surface area contributed by atoms with Crippen molar-refractivity contribution in [3.05, 3.63) is 48.7 Å². The molecule has 29 heavy (non-hydrogen) atoms. The minimum absolute atomic E-state index is 0.186. The monoisotopic (exact) mass is 397 g/mol. The van der Waals surface area contributed by atoms with Crippen molar-refractivity contribution in [2.75, 3.05) is 26.8 Å². The van der Waals surface area contributed by atoms with E-state index >= 15 is 0 Å². The fourth-order valence-corrected chi connectivity index (χ4v) is 5.03. The number of nitrogens with zero attached hydrogens (tertiary/aromatic N) is 1. The summed E-state index contributed by atoms with van der Waals surface area (Å²) < 4.78 is 16.5. The number of nitrogens with one attached hydrogen (secondary N) is 1. The number of carbonyl (C=O) groups excluding carboxylic acids is 1. The number of quaternary nitrogens is 1. The van der Waals surface area contributed by atoms with Crippen LogP contribution in [-0.4, -0.2) is 44.0 Å². The highest BCUT2D eigenvalue weighted by Crippen LogP contribution is 2.36. The molecule has 6 nitrogen and oxygen atoms in total. The van der Waals surface area contributed by atoms with Gasteiger partial charge in [0.25, 0.3) is 0 Å². The van der Waals surface area contributed by atoms with Gasteiger partial charge in [-0.2, -0.15) is 0 Å². The molecular formula is C23H29N2O4+. The number of hydrogen-bond acceptors (Lipinski definition) is 5. The van der Waals surface area contributed by atoms with Crippen molar-refractivity contribution in [1.82, 2.24) is 4.98 Å². The normalized spacial score (nSPS) is 26.7. The molecule has 5 rings (SSSR count). The highest BCUT2D eigenvalue weighted by atomic mass is 16.7. The van der Waals surface area contributed by atoms with Crippen molar-refractivity contribution in [3.63, 3.8) is 0 Å². The smallest absolute Gasteiger partial charge is 0.497 e. The minimum atomic E-state index is -0.618. The Morgan fingerprint density at radius 1 is 1.41 bits per heavy atom. The number of hydrogen-bond donors (Lipinski definition) is 1. The largest absolute Gasteiger partial charge is 0.509 e. The van der Waals surface area contributed by atoms with Crippen LogP contribution in [0.1, 0.15) is 31.4 Å². The van der Waals surface area contributed by atoms with Gasteiger partial charge < -0.3 is 19.1 Å². The Kier molecular flexibility index (Phi) is 5.72. The third-order valence-electron chi connectivity index (χ3n) is 6.46. The summed E-state index contributed by atoms with van der Waals surface area (Å²) in [7, 11) is 1.65. The zero-order valence-corrected chi connectivity index (χ0v) is 17.1. The molecule has 1 unspecified atom stereocenters. The molecule has 1 aromatic heterocycles. The Morgan fingerprint density at radius 2 is 2.28 bits per heavy atom. The zero-order chi connectivity index (χ0) is 20.4. The molecule has 5 atom stereocenters. The molecule has 3 aliphatic heterocycles. The van der Waals surface area contributed by atoms with Gasteiger partial charge in [-0.05, 0) is 37.1 Å². The maximum atomic E-state index is 12.3. The van der Waals surface area contributed by atoms with Crippen molar-refractivity contribution in [2.45, 2.75) is 31.9 Å². The highest BCUT2D eigenvalue weighted by Gasteiger charge is 2.47. The molecule has 1 N–H and O–H groups in total. The van der Waals surface area contributed by atoms with Crippen LogP contribution in [0.5, 0.6) is 5.75 Å². The highest BCUT2D eigenvalue weighted by molar-refractivity contribution is 5.84. The van der Waals surface area contributed by atoms with E-state index in [1.54, 1.807) is 20.2 Å². The number of piperidine rings is 3. The summed E-state index contributed by atoms with van der Waals surface area (Å²) in [5.41, 5.74) is 1.82. The second-order valence-electron chi connectivity index (χ2n) is 7.91. The predicted molar refractivity (Wildman–Crippen MR) is 110 cm³/mol. The lowest BCUT2D eigenvalue weighted by Crippen LogP contribution is -3.20. The molecule has 3 aliphatic rings. The molecular weight excluding hydrogens is 368 g/mol. The van der Waals surface area contributed by atoms with Gasteiger partial charge in [0, 0.05) is 35.9 Å². The third-order valence-corrected chi connectivity index (χ3v) is 6.46. The van der Waals surface area contributed by atoms with Gasteiger partial charge in [-0.3, -0.25) is 4.98 Å². The molecule has 6 heteroatoms. The van der Waals surface area contributed by atoms with Crippen LogP contribution in [0.15, 0.2) is 43.1 Å². The van der Waals surface area contributed by atoms with Gasteiger partial charge in [-0.25, -0.2) is 4.79 Å². The van der Waals surface area contributed by atoms with Gasteiger partial charge in [-0.1, -0.05) is 6.08 Å². The van der Waals surface area contributed by atoms with Crippen LogP contribution in [0.25, 0.3) is 10.9 Å². The van der Waals surface area contributed by atoms with Gasteiger partial charge in [0.1, 0.15) is 11.8 Å². The van der Waals surface area contributed by atoms with Crippen LogP contribution >= 0.6 is 0 Å². The van der Waals surface area contributed by atoms with Crippen LogP contribution < -0.4 is 9.64 Å².